The van der Waals surface area contributed by atoms with Crippen molar-refractivity contribution in [3.8, 4) is 0 Å². The van der Waals surface area contributed by atoms with Crippen LogP contribution in [-0.2, 0) is 19.1 Å². The lowest BCUT2D eigenvalue weighted by molar-refractivity contribution is -0.161. The Morgan fingerprint density at radius 1 is 0.707 bits per heavy atom. The van der Waals surface area contributed by atoms with Crippen molar-refractivity contribution in [2.45, 2.75) is 122 Å². The van der Waals surface area contributed by atoms with E-state index in [-0.39, 0.29) is 31.6 Å². The average molecular weight is 573 g/mol. The number of hydrogen-bond acceptors (Lipinski definition) is 6. The molecule has 0 fully saturated rings. The van der Waals surface area contributed by atoms with Crippen molar-refractivity contribution < 1.29 is 29.3 Å². The van der Waals surface area contributed by atoms with Crippen LogP contribution in [0.4, 0.5) is 0 Å². The van der Waals surface area contributed by atoms with E-state index < -0.39 is 12.2 Å². The summed E-state index contributed by atoms with van der Waals surface area (Å²) in [6, 6.07) is 0. The molecule has 0 radical (unpaired) electrons. The molecule has 0 rings (SSSR count). The van der Waals surface area contributed by atoms with Crippen LogP contribution in [0.25, 0.3) is 0 Å². The largest absolute Gasteiger partial charge is 0.462 e. The van der Waals surface area contributed by atoms with Crippen LogP contribution < -0.4 is 0 Å². The van der Waals surface area contributed by atoms with Gasteiger partial charge in [0.2, 0.25) is 0 Å². The summed E-state index contributed by atoms with van der Waals surface area (Å²) < 4.78 is 10.4. The van der Waals surface area contributed by atoms with Crippen molar-refractivity contribution in [3.05, 3.63) is 72.9 Å². The number of aliphatic hydroxyl groups excluding tert-OH is 2. The Balaban J connectivity index is 3.84. The third-order valence-corrected chi connectivity index (χ3v) is 6.11. The van der Waals surface area contributed by atoms with E-state index in [1.54, 1.807) is 6.08 Å². The van der Waals surface area contributed by atoms with Gasteiger partial charge in [0, 0.05) is 12.8 Å². The summed E-state index contributed by atoms with van der Waals surface area (Å²) in [4.78, 5) is 23.9. The molecule has 1 unspecified atom stereocenters. The summed E-state index contributed by atoms with van der Waals surface area (Å²) in [6.45, 7) is 3.77. The minimum absolute atomic E-state index is 0.120. The summed E-state index contributed by atoms with van der Waals surface area (Å²) in [6.07, 6.45) is 36.0. The van der Waals surface area contributed by atoms with Crippen LogP contribution in [0.2, 0.25) is 0 Å². The summed E-state index contributed by atoms with van der Waals surface area (Å²) in [5, 5.41) is 19.2. The molecule has 0 saturated heterocycles. The zero-order chi connectivity index (χ0) is 30.2. The predicted octanol–water partition coefficient (Wildman–Crippen LogP) is 8.02. The molecule has 6 heteroatoms. The van der Waals surface area contributed by atoms with Gasteiger partial charge < -0.3 is 19.7 Å². The first-order valence-corrected chi connectivity index (χ1v) is 15.6. The molecule has 0 aliphatic carbocycles. The summed E-state index contributed by atoms with van der Waals surface area (Å²) in [7, 11) is 0. The SMILES string of the molecule is CC/C=C\CC(O)/C=C/C=C/C/C=C\C/C=C\C/C=C\CCC(=O)OC[C@H](CO)OC(=O)CCCCCCCCC. The van der Waals surface area contributed by atoms with Gasteiger partial charge >= 0.3 is 11.9 Å². The number of unbranched alkanes of at least 4 members (excludes halogenated alkanes) is 6. The van der Waals surface area contributed by atoms with E-state index in [4.69, 9.17) is 9.47 Å². The third-order valence-electron chi connectivity index (χ3n) is 6.11. The molecule has 0 aromatic rings. The van der Waals surface area contributed by atoms with Crippen molar-refractivity contribution in [3.63, 3.8) is 0 Å². The summed E-state index contributed by atoms with van der Waals surface area (Å²) in [5.41, 5.74) is 0. The van der Waals surface area contributed by atoms with Gasteiger partial charge in [0.25, 0.3) is 0 Å². The minimum Gasteiger partial charge on any atom is -0.462 e. The number of hydrogen-bond donors (Lipinski definition) is 2. The first-order chi connectivity index (χ1) is 20.0. The number of esters is 2. The molecule has 0 heterocycles. The average Bonchev–Trinajstić information content (AvgIpc) is 2.96. The minimum atomic E-state index is -0.810. The molecule has 0 aliphatic rings. The van der Waals surface area contributed by atoms with Crippen molar-refractivity contribution >= 4 is 11.9 Å². The zero-order valence-electron chi connectivity index (χ0n) is 25.6. The van der Waals surface area contributed by atoms with Gasteiger partial charge in [-0.3, -0.25) is 9.59 Å². The molecule has 0 amide bonds. The number of carbonyl (C=O) groups excluding carboxylic acids is 2. The van der Waals surface area contributed by atoms with E-state index >= 15 is 0 Å². The molecule has 232 valence electrons. The lowest BCUT2D eigenvalue weighted by atomic mass is 10.1. The molecule has 0 bridgehead atoms. The molecule has 6 nitrogen and oxygen atoms in total. The van der Waals surface area contributed by atoms with Gasteiger partial charge in [-0.1, -0.05) is 125 Å². The molecule has 2 atom stereocenters. The number of carbonyl (C=O) groups is 2. The van der Waals surface area contributed by atoms with E-state index in [2.05, 4.69) is 44.2 Å². The lowest BCUT2D eigenvalue weighted by Crippen LogP contribution is -2.28. The monoisotopic (exact) mass is 572 g/mol. The van der Waals surface area contributed by atoms with E-state index in [9.17, 15) is 19.8 Å². The molecular weight excluding hydrogens is 516 g/mol. The standard InChI is InChI=1S/C35H56O6/c1-3-5-7-8-16-21-25-29-35(39)41-33(30-36)31-40-34(38)28-24-20-18-15-13-11-9-10-12-14-17-19-23-27-32(37)26-22-6-4-2/h6,10-13,17-20,22-23,27,32-33,36-37H,3-5,7-9,14-16,21,24-26,28-31H2,1-2H3/b12-10-,13-11-,19-17+,20-18-,22-6-,27-23+/t32?,33-/m0/s1. The van der Waals surface area contributed by atoms with Crippen LogP contribution in [0.3, 0.4) is 0 Å². The Bertz CT molecular complexity index is 805. The Morgan fingerprint density at radius 3 is 2.00 bits per heavy atom. The highest BCUT2D eigenvalue weighted by atomic mass is 16.6. The van der Waals surface area contributed by atoms with Crippen LogP contribution in [0.5, 0.6) is 0 Å². The van der Waals surface area contributed by atoms with Crippen LogP contribution >= 0.6 is 0 Å². The van der Waals surface area contributed by atoms with E-state index in [0.717, 1.165) is 44.9 Å². The Labute approximate surface area is 249 Å². The Hall–Kier alpha value is -2.70. The van der Waals surface area contributed by atoms with Crippen LogP contribution in [0, 0.1) is 0 Å². The molecule has 0 aliphatic heterocycles. The van der Waals surface area contributed by atoms with E-state index in [0.29, 0.717) is 19.3 Å². The molecule has 0 spiro atoms. The summed E-state index contributed by atoms with van der Waals surface area (Å²) >= 11 is 0. The number of rotatable bonds is 26. The molecule has 0 aromatic heterocycles. The van der Waals surface area contributed by atoms with Crippen LogP contribution in [0.15, 0.2) is 72.9 Å². The first kappa shape index (κ1) is 38.3. The maximum absolute atomic E-state index is 12.0. The topological polar surface area (TPSA) is 93.1 Å². The number of ether oxygens (including phenoxy) is 2. The normalized spacial score (nSPS) is 14.0. The fourth-order valence-electron chi connectivity index (χ4n) is 3.72. The van der Waals surface area contributed by atoms with Gasteiger partial charge in [0.1, 0.15) is 6.61 Å². The van der Waals surface area contributed by atoms with Crippen molar-refractivity contribution in [1.82, 2.24) is 0 Å². The molecular formula is C35H56O6. The Morgan fingerprint density at radius 2 is 1.34 bits per heavy atom. The van der Waals surface area contributed by atoms with Gasteiger partial charge in [-0.15, -0.1) is 0 Å². The quantitative estimate of drug-likeness (QED) is 0.0472. The molecule has 0 aromatic carbocycles. The fourth-order valence-corrected chi connectivity index (χ4v) is 3.72. The maximum atomic E-state index is 12.0. The summed E-state index contributed by atoms with van der Waals surface area (Å²) in [5.74, 6) is -0.727. The molecule has 2 N–H and O–H groups in total. The molecule has 41 heavy (non-hydrogen) atoms. The van der Waals surface area contributed by atoms with Gasteiger partial charge in [-0.05, 0) is 44.9 Å². The number of aliphatic hydroxyl groups is 2. The van der Waals surface area contributed by atoms with Crippen molar-refractivity contribution in [2.75, 3.05) is 13.2 Å². The smallest absolute Gasteiger partial charge is 0.306 e. The third kappa shape index (κ3) is 28.6. The Kier molecular flexibility index (Phi) is 28.3. The fraction of sp³-hybridized carbons (Fsp3) is 0.600. The highest BCUT2D eigenvalue weighted by molar-refractivity contribution is 5.70. The van der Waals surface area contributed by atoms with E-state index in [1.165, 1.54) is 25.7 Å². The molecule has 0 saturated carbocycles. The second kappa shape index (κ2) is 30.3. The van der Waals surface area contributed by atoms with E-state index in [1.807, 2.05) is 36.5 Å². The second-order valence-electron chi connectivity index (χ2n) is 10.0. The van der Waals surface area contributed by atoms with Crippen LogP contribution in [0.1, 0.15) is 110 Å². The van der Waals surface area contributed by atoms with Crippen molar-refractivity contribution in [1.29, 1.82) is 0 Å². The maximum Gasteiger partial charge on any atom is 0.306 e. The second-order valence-corrected chi connectivity index (χ2v) is 10.0. The van der Waals surface area contributed by atoms with Gasteiger partial charge in [-0.25, -0.2) is 0 Å². The van der Waals surface area contributed by atoms with Gasteiger partial charge in [-0.2, -0.15) is 0 Å². The predicted molar refractivity (Wildman–Crippen MR) is 169 cm³/mol. The number of allylic oxidation sites excluding steroid dienone is 10. The van der Waals surface area contributed by atoms with Crippen LogP contribution in [-0.4, -0.2) is 47.6 Å². The van der Waals surface area contributed by atoms with Crippen molar-refractivity contribution in [2.24, 2.45) is 0 Å². The highest BCUT2D eigenvalue weighted by Gasteiger charge is 2.15. The van der Waals surface area contributed by atoms with Gasteiger partial charge in [0.05, 0.1) is 12.7 Å². The first-order valence-electron chi connectivity index (χ1n) is 15.6. The lowest BCUT2D eigenvalue weighted by Gasteiger charge is -2.15. The van der Waals surface area contributed by atoms with Gasteiger partial charge in [0.15, 0.2) is 6.10 Å². The zero-order valence-corrected chi connectivity index (χ0v) is 25.6. The highest BCUT2D eigenvalue weighted by Crippen LogP contribution is 2.10.